The molecule has 0 fully saturated rings. The Balaban J connectivity index is 2.32. The van der Waals surface area contributed by atoms with Crippen molar-refractivity contribution in [1.82, 2.24) is 0 Å². The summed E-state index contributed by atoms with van der Waals surface area (Å²) in [6, 6.07) is 9.92. The highest BCUT2D eigenvalue weighted by Crippen LogP contribution is 2.12. The van der Waals surface area contributed by atoms with Gasteiger partial charge in [-0.25, -0.2) is 4.79 Å². The molecule has 0 radical (unpaired) electrons. The lowest BCUT2D eigenvalue weighted by molar-refractivity contribution is -0.137. The summed E-state index contributed by atoms with van der Waals surface area (Å²) < 4.78 is 4.84. The van der Waals surface area contributed by atoms with Gasteiger partial charge in [0.2, 0.25) is 0 Å². The molecule has 1 aromatic rings. The quantitative estimate of drug-likeness (QED) is 0.323. The zero-order valence-electron chi connectivity index (χ0n) is 9.76. The van der Waals surface area contributed by atoms with Gasteiger partial charge >= 0.3 is 5.97 Å². The fourth-order valence-corrected chi connectivity index (χ4v) is 1.26. The lowest BCUT2D eigenvalue weighted by atomic mass is 10.1. The zero-order chi connectivity index (χ0) is 12.5. The predicted molar refractivity (Wildman–Crippen MR) is 70.4 cm³/mol. The first-order chi connectivity index (χ1) is 8.24. The van der Waals surface area contributed by atoms with Crippen molar-refractivity contribution in [2.45, 2.75) is 6.42 Å². The van der Waals surface area contributed by atoms with Gasteiger partial charge in [-0.2, -0.15) is 0 Å². The average molecular weight is 228 g/mol. The number of esters is 1. The number of carbonyl (C=O) groups is 1. The molecular formula is C15H16O2. The van der Waals surface area contributed by atoms with Crippen LogP contribution in [0.15, 0.2) is 61.7 Å². The van der Waals surface area contributed by atoms with Crippen LogP contribution >= 0.6 is 0 Å². The lowest BCUT2D eigenvalue weighted by Gasteiger charge is -2.00. The number of hydrogen-bond donors (Lipinski definition) is 0. The number of carbonyl (C=O) groups excluding carboxylic acids is 1. The maximum absolute atomic E-state index is 10.7. The second kappa shape index (κ2) is 7.23. The predicted octanol–water partition coefficient (Wildman–Crippen LogP) is 3.38. The van der Waals surface area contributed by atoms with E-state index in [1.54, 1.807) is 0 Å². The molecule has 17 heavy (non-hydrogen) atoms. The summed E-state index contributed by atoms with van der Waals surface area (Å²) in [5.41, 5.74) is 2.03. The summed E-state index contributed by atoms with van der Waals surface area (Å²) in [6.45, 7) is 7.65. The second-order valence-corrected chi connectivity index (χ2v) is 3.45. The number of hydrogen-bond acceptors (Lipinski definition) is 2. The molecule has 0 N–H and O–H groups in total. The van der Waals surface area contributed by atoms with Crippen LogP contribution < -0.4 is 0 Å². The molecule has 0 aliphatic rings. The summed E-state index contributed by atoms with van der Waals surface area (Å²) in [6.07, 6.45) is 5.70. The third-order valence-corrected chi connectivity index (χ3v) is 2.16. The van der Waals surface area contributed by atoms with E-state index in [0.29, 0.717) is 13.0 Å². The minimum absolute atomic E-state index is 0.365. The molecule has 0 aliphatic heterocycles. The van der Waals surface area contributed by atoms with Gasteiger partial charge in [0.1, 0.15) is 0 Å². The van der Waals surface area contributed by atoms with Crippen molar-refractivity contribution in [1.29, 1.82) is 0 Å². The van der Waals surface area contributed by atoms with Gasteiger partial charge in [-0.05, 0) is 17.6 Å². The van der Waals surface area contributed by atoms with Crippen LogP contribution in [0.25, 0.3) is 5.57 Å². The number of allylic oxidation sites excluding steroid dienone is 2. The Kier molecular flexibility index (Phi) is 5.52. The van der Waals surface area contributed by atoms with E-state index in [4.69, 9.17) is 4.74 Å². The molecule has 0 amide bonds. The molecule has 0 saturated heterocycles. The summed E-state index contributed by atoms with van der Waals surface area (Å²) in [4.78, 5) is 10.7. The molecule has 0 unspecified atom stereocenters. The average Bonchev–Trinajstić information content (AvgIpc) is 2.38. The Bertz CT molecular complexity index is 416. The first-order valence-electron chi connectivity index (χ1n) is 5.44. The van der Waals surface area contributed by atoms with E-state index in [9.17, 15) is 4.79 Å². The van der Waals surface area contributed by atoms with E-state index in [0.717, 1.165) is 17.2 Å². The minimum atomic E-state index is -0.389. The van der Waals surface area contributed by atoms with E-state index < -0.39 is 0 Å². The Morgan fingerprint density at radius 3 is 2.65 bits per heavy atom. The van der Waals surface area contributed by atoms with Crippen molar-refractivity contribution in [3.8, 4) is 0 Å². The van der Waals surface area contributed by atoms with Crippen LogP contribution in [0.4, 0.5) is 0 Å². The molecule has 0 atom stereocenters. The van der Waals surface area contributed by atoms with Crippen LogP contribution in [0.2, 0.25) is 0 Å². The number of rotatable bonds is 6. The first-order valence-corrected chi connectivity index (χ1v) is 5.44. The Hall–Kier alpha value is -2.09. The Morgan fingerprint density at radius 2 is 2.00 bits per heavy atom. The lowest BCUT2D eigenvalue weighted by Crippen LogP contribution is -2.00. The van der Waals surface area contributed by atoms with Crippen LogP contribution in [-0.4, -0.2) is 12.6 Å². The molecule has 0 spiro atoms. The van der Waals surface area contributed by atoms with Crippen LogP contribution in [-0.2, 0) is 9.53 Å². The SMILES string of the molecule is C=CC(=O)OCC/C=C/C(=C)c1ccccc1. The maximum Gasteiger partial charge on any atom is 0.330 e. The number of benzene rings is 1. The first kappa shape index (κ1) is 13.0. The van der Waals surface area contributed by atoms with Crippen LogP contribution in [0.1, 0.15) is 12.0 Å². The molecule has 2 heteroatoms. The maximum atomic E-state index is 10.7. The third-order valence-electron chi connectivity index (χ3n) is 2.16. The molecule has 1 aromatic carbocycles. The smallest absolute Gasteiger partial charge is 0.330 e. The van der Waals surface area contributed by atoms with Crippen LogP contribution in [0.5, 0.6) is 0 Å². The molecule has 0 aromatic heterocycles. The largest absolute Gasteiger partial charge is 0.462 e. The molecule has 2 nitrogen and oxygen atoms in total. The summed E-state index contributed by atoms with van der Waals surface area (Å²) >= 11 is 0. The van der Waals surface area contributed by atoms with Crippen LogP contribution in [0, 0.1) is 0 Å². The van der Waals surface area contributed by atoms with Gasteiger partial charge in [0.15, 0.2) is 0 Å². The van der Waals surface area contributed by atoms with Gasteiger partial charge in [0, 0.05) is 6.08 Å². The van der Waals surface area contributed by atoms with Gasteiger partial charge < -0.3 is 4.74 Å². The Morgan fingerprint density at radius 1 is 1.29 bits per heavy atom. The minimum Gasteiger partial charge on any atom is -0.462 e. The fourth-order valence-electron chi connectivity index (χ4n) is 1.26. The van der Waals surface area contributed by atoms with E-state index in [1.807, 2.05) is 42.5 Å². The van der Waals surface area contributed by atoms with Crippen molar-refractivity contribution in [2.75, 3.05) is 6.61 Å². The van der Waals surface area contributed by atoms with E-state index in [2.05, 4.69) is 13.2 Å². The monoisotopic (exact) mass is 228 g/mol. The highest BCUT2D eigenvalue weighted by atomic mass is 16.5. The fraction of sp³-hybridized carbons (Fsp3) is 0.133. The van der Waals surface area contributed by atoms with E-state index in [-0.39, 0.29) is 5.97 Å². The second-order valence-electron chi connectivity index (χ2n) is 3.45. The molecule has 0 heterocycles. The highest BCUT2D eigenvalue weighted by Gasteiger charge is 1.94. The van der Waals surface area contributed by atoms with Crippen LogP contribution in [0.3, 0.4) is 0 Å². The molecule has 1 rings (SSSR count). The third kappa shape index (κ3) is 4.98. The van der Waals surface area contributed by atoms with Crippen molar-refractivity contribution in [3.63, 3.8) is 0 Å². The molecule has 0 saturated carbocycles. The molecular weight excluding hydrogens is 212 g/mol. The van der Waals surface area contributed by atoms with Crippen molar-refractivity contribution >= 4 is 11.5 Å². The van der Waals surface area contributed by atoms with E-state index >= 15 is 0 Å². The summed E-state index contributed by atoms with van der Waals surface area (Å²) in [7, 11) is 0. The normalized spacial score (nSPS) is 10.1. The summed E-state index contributed by atoms with van der Waals surface area (Å²) in [5, 5.41) is 0. The van der Waals surface area contributed by atoms with E-state index in [1.165, 1.54) is 0 Å². The zero-order valence-corrected chi connectivity index (χ0v) is 9.76. The topological polar surface area (TPSA) is 26.3 Å². The molecule has 88 valence electrons. The van der Waals surface area contributed by atoms with Crippen molar-refractivity contribution in [3.05, 3.63) is 67.3 Å². The highest BCUT2D eigenvalue weighted by molar-refractivity contribution is 5.81. The van der Waals surface area contributed by atoms with Gasteiger partial charge in [-0.1, -0.05) is 55.6 Å². The van der Waals surface area contributed by atoms with Gasteiger partial charge in [0.05, 0.1) is 6.61 Å². The standard InChI is InChI=1S/C15H16O2/c1-3-15(16)17-12-8-7-9-13(2)14-10-5-4-6-11-14/h3-7,9-11H,1-2,8,12H2/b9-7+. The van der Waals surface area contributed by atoms with Crippen molar-refractivity contribution in [2.24, 2.45) is 0 Å². The summed E-state index contributed by atoms with van der Waals surface area (Å²) in [5.74, 6) is -0.389. The number of ether oxygens (including phenoxy) is 1. The van der Waals surface area contributed by atoms with Gasteiger partial charge in [0.25, 0.3) is 0 Å². The van der Waals surface area contributed by atoms with Gasteiger partial charge in [-0.3, -0.25) is 0 Å². The van der Waals surface area contributed by atoms with Gasteiger partial charge in [-0.15, -0.1) is 0 Å². The Labute approximate surface area is 102 Å². The molecule has 0 bridgehead atoms. The van der Waals surface area contributed by atoms with Crippen molar-refractivity contribution < 1.29 is 9.53 Å². The molecule has 0 aliphatic carbocycles.